The third-order valence-electron chi connectivity index (χ3n) is 3.45. The van der Waals surface area contributed by atoms with Crippen LogP contribution in [0.5, 0.6) is 0 Å². The van der Waals surface area contributed by atoms with Gasteiger partial charge >= 0.3 is 5.97 Å². The van der Waals surface area contributed by atoms with Crippen molar-refractivity contribution < 1.29 is 19.4 Å². The minimum absolute atomic E-state index is 0.0742. The second kappa shape index (κ2) is 6.72. The summed E-state index contributed by atoms with van der Waals surface area (Å²) in [5.41, 5.74) is 1.45. The van der Waals surface area contributed by atoms with Crippen LogP contribution in [0.3, 0.4) is 0 Å². The van der Waals surface area contributed by atoms with E-state index in [0.29, 0.717) is 12.2 Å². The fourth-order valence-corrected chi connectivity index (χ4v) is 2.05. The van der Waals surface area contributed by atoms with E-state index in [1.165, 1.54) is 0 Å². The van der Waals surface area contributed by atoms with Gasteiger partial charge in [0.05, 0.1) is 12.7 Å². The van der Waals surface area contributed by atoms with E-state index in [4.69, 9.17) is 9.84 Å². The minimum Gasteiger partial charge on any atom is -0.480 e. The van der Waals surface area contributed by atoms with Crippen LogP contribution in [0.4, 0.5) is 0 Å². The van der Waals surface area contributed by atoms with E-state index in [0.717, 1.165) is 18.4 Å². The number of nitrogens with one attached hydrogen (secondary N) is 1. The molecule has 0 aromatic heterocycles. The highest BCUT2D eigenvalue weighted by Gasteiger charge is 2.37. The molecule has 114 valence electrons. The number of benzene rings is 1. The third kappa shape index (κ3) is 4.56. The van der Waals surface area contributed by atoms with Crippen LogP contribution in [0.15, 0.2) is 24.3 Å². The number of hydrogen-bond acceptors (Lipinski definition) is 3. The molecule has 0 bridgehead atoms. The molecule has 0 saturated heterocycles. The van der Waals surface area contributed by atoms with Crippen molar-refractivity contribution in [1.82, 2.24) is 5.32 Å². The van der Waals surface area contributed by atoms with Crippen LogP contribution in [-0.4, -0.2) is 29.1 Å². The zero-order valence-electron chi connectivity index (χ0n) is 12.3. The fraction of sp³-hybridized carbons (Fsp3) is 0.500. The number of rotatable bonds is 7. The van der Waals surface area contributed by atoms with E-state index in [9.17, 15) is 9.59 Å². The molecule has 1 amide bonds. The molecule has 5 nitrogen and oxygen atoms in total. The smallest absolute Gasteiger partial charge is 0.326 e. The summed E-state index contributed by atoms with van der Waals surface area (Å²) >= 11 is 0. The Morgan fingerprint density at radius 2 is 1.90 bits per heavy atom. The van der Waals surface area contributed by atoms with E-state index in [1.54, 1.807) is 12.1 Å². The van der Waals surface area contributed by atoms with Crippen molar-refractivity contribution in [3.63, 3.8) is 0 Å². The number of carbonyl (C=O) groups excluding carboxylic acids is 1. The number of amides is 1. The molecule has 1 aromatic rings. The molecule has 21 heavy (non-hydrogen) atoms. The van der Waals surface area contributed by atoms with Gasteiger partial charge in [0.15, 0.2) is 0 Å². The molecule has 2 N–H and O–H groups in total. The third-order valence-corrected chi connectivity index (χ3v) is 3.45. The monoisotopic (exact) mass is 291 g/mol. The second-order valence-corrected chi connectivity index (χ2v) is 5.68. The molecular formula is C16H21NO4. The van der Waals surface area contributed by atoms with Gasteiger partial charge in [0.1, 0.15) is 6.04 Å². The highest BCUT2D eigenvalue weighted by molar-refractivity contribution is 5.96. The molecule has 1 aromatic carbocycles. The van der Waals surface area contributed by atoms with Crippen LogP contribution in [0.2, 0.25) is 0 Å². The largest absolute Gasteiger partial charge is 0.480 e. The Balaban J connectivity index is 1.94. The van der Waals surface area contributed by atoms with Crippen LogP contribution >= 0.6 is 0 Å². The Labute approximate surface area is 124 Å². The topological polar surface area (TPSA) is 75.6 Å². The molecule has 5 heteroatoms. The Morgan fingerprint density at radius 3 is 2.38 bits per heavy atom. The zero-order chi connectivity index (χ0) is 15.4. The molecular weight excluding hydrogens is 270 g/mol. The molecule has 0 spiro atoms. The molecule has 1 aliphatic rings. The number of ether oxygens (including phenoxy) is 1. The standard InChI is InChI=1S/C16H21NO4/c1-10(2)21-9-11-3-5-13(6-4-11)15(18)17-14(16(19)20)12-7-8-12/h3-6,10,12,14H,7-9H2,1-2H3,(H,17,18)(H,19,20). The van der Waals surface area contributed by atoms with Gasteiger partial charge in [-0.05, 0) is 50.3 Å². The van der Waals surface area contributed by atoms with Crippen LogP contribution in [0.1, 0.15) is 42.6 Å². The maximum absolute atomic E-state index is 12.1. The van der Waals surface area contributed by atoms with Gasteiger partial charge in [-0.3, -0.25) is 4.79 Å². The first-order chi connectivity index (χ1) is 9.97. The number of carboxylic acid groups (broad SMARTS) is 1. The van der Waals surface area contributed by atoms with E-state index < -0.39 is 12.0 Å². The van der Waals surface area contributed by atoms with Crippen LogP contribution in [0.25, 0.3) is 0 Å². The number of carbonyl (C=O) groups is 2. The molecule has 2 rings (SSSR count). The number of hydrogen-bond donors (Lipinski definition) is 2. The molecule has 0 heterocycles. The number of carboxylic acids is 1. The Kier molecular flexibility index (Phi) is 4.96. The molecule has 1 aliphatic carbocycles. The lowest BCUT2D eigenvalue weighted by atomic mass is 10.1. The van der Waals surface area contributed by atoms with Crippen molar-refractivity contribution >= 4 is 11.9 Å². The van der Waals surface area contributed by atoms with E-state index in [1.807, 2.05) is 26.0 Å². The normalized spacial score (nSPS) is 15.8. The van der Waals surface area contributed by atoms with Gasteiger partial charge in [-0.1, -0.05) is 12.1 Å². The first-order valence-corrected chi connectivity index (χ1v) is 7.21. The van der Waals surface area contributed by atoms with Gasteiger partial charge in [0.2, 0.25) is 0 Å². The zero-order valence-corrected chi connectivity index (χ0v) is 12.3. The van der Waals surface area contributed by atoms with Crippen molar-refractivity contribution in [3.8, 4) is 0 Å². The second-order valence-electron chi connectivity index (χ2n) is 5.68. The lowest BCUT2D eigenvalue weighted by molar-refractivity contribution is -0.139. The Morgan fingerprint density at radius 1 is 1.29 bits per heavy atom. The molecule has 0 aliphatic heterocycles. The summed E-state index contributed by atoms with van der Waals surface area (Å²) in [6.07, 6.45) is 1.88. The maximum atomic E-state index is 12.1. The minimum atomic E-state index is -0.965. The molecule has 0 radical (unpaired) electrons. The molecule has 1 fully saturated rings. The quantitative estimate of drug-likeness (QED) is 0.807. The first kappa shape index (κ1) is 15.5. The summed E-state index contributed by atoms with van der Waals surface area (Å²) in [4.78, 5) is 23.2. The van der Waals surface area contributed by atoms with Gasteiger partial charge in [-0.15, -0.1) is 0 Å². The van der Waals surface area contributed by atoms with Crippen molar-refractivity contribution in [3.05, 3.63) is 35.4 Å². The summed E-state index contributed by atoms with van der Waals surface area (Å²) < 4.78 is 5.49. The summed E-state index contributed by atoms with van der Waals surface area (Å²) in [5, 5.41) is 11.7. The van der Waals surface area contributed by atoms with E-state index >= 15 is 0 Å². The fourth-order valence-electron chi connectivity index (χ4n) is 2.05. The van der Waals surface area contributed by atoms with Gasteiger partial charge in [-0.25, -0.2) is 4.79 Å². The predicted octanol–water partition coefficient (Wildman–Crippen LogP) is 2.20. The highest BCUT2D eigenvalue weighted by atomic mass is 16.5. The van der Waals surface area contributed by atoms with Gasteiger partial charge in [0.25, 0.3) is 5.91 Å². The summed E-state index contributed by atoms with van der Waals surface area (Å²) in [7, 11) is 0. The van der Waals surface area contributed by atoms with Gasteiger partial charge < -0.3 is 15.2 Å². The first-order valence-electron chi connectivity index (χ1n) is 7.21. The SMILES string of the molecule is CC(C)OCc1ccc(C(=O)NC(C(=O)O)C2CC2)cc1. The predicted molar refractivity (Wildman–Crippen MR) is 78.0 cm³/mol. The summed E-state index contributed by atoms with van der Waals surface area (Å²) in [5.74, 6) is -1.23. The Hall–Kier alpha value is -1.88. The van der Waals surface area contributed by atoms with Crippen molar-refractivity contribution in [2.45, 2.75) is 45.4 Å². The Bertz CT molecular complexity index is 506. The summed E-state index contributed by atoms with van der Waals surface area (Å²) in [6.45, 7) is 4.43. The molecule has 1 atom stereocenters. The number of aliphatic carboxylic acids is 1. The van der Waals surface area contributed by atoms with Crippen LogP contribution < -0.4 is 5.32 Å². The van der Waals surface area contributed by atoms with Crippen molar-refractivity contribution in [2.75, 3.05) is 0 Å². The lowest BCUT2D eigenvalue weighted by Gasteiger charge is -2.14. The molecule has 1 saturated carbocycles. The lowest BCUT2D eigenvalue weighted by Crippen LogP contribution is -2.42. The van der Waals surface area contributed by atoms with E-state index in [-0.39, 0.29) is 17.9 Å². The van der Waals surface area contributed by atoms with Crippen LogP contribution in [-0.2, 0) is 16.1 Å². The van der Waals surface area contributed by atoms with Crippen molar-refractivity contribution in [1.29, 1.82) is 0 Å². The molecule has 1 unspecified atom stereocenters. The average molecular weight is 291 g/mol. The van der Waals surface area contributed by atoms with Gasteiger partial charge in [-0.2, -0.15) is 0 Å². The van der Waals surface area contributed by atoms with Gasteiger partial charge in [0, 0.05) is 5.56 Å². The van der Waals surface area contributed by atoms with E-state index in [2.05, 4.69) is 5.32 Å². The van der Waals surface area contributed by atoms with Crippen LogP contribution in [0, 0.1) is 5.92 Å². The maximum Gasteiger partial charge on any atom is 0.326 e. The average Bonchev–Trinajstić information content (AvgIpc) is 3.27. The summed E-state index contributed by atoms with van der Waals surface area (Å²) in [6, 6.07) is 6.26. The van der Waals surface area contributed by atoms with Crippen molar-refractivity contribution in [2.24, 2.45) is 5.92 Å². The highest BCUT2D eigenvalue weighted by Crippen LogP contribution is 2.32.